The van der Waals surface area contributed by atoms with Gasteiger partial charge in [0.2, 0.25) is 0 Å². The molecule has 9 heteroatoms. The van der Waals surface area contributed by atoms with E-state index in [2.05, 4.69) is 15.4 Å². The Morgan fingerprint density at radius 1 is 1.11 bits per heavy atom. The number of nitrogens with one attached hydrogen (secondary N) is 1. The van der Waals surface area contributed by atoms with E-state index in [0.717, 1.165) is 21.7 Å². The molecule has 0 aliphatic heterocycles. The van der Waals surface area contributed by atoms with E-state index < -0.39 is 11.7 Å². The van der Waals surface area contributed by atoms with Crippen molar-refractivity contribution in [3.63, 3.8) is 0 Å². The molecule has 2 heterocycles. The van der Waals surface area contributed by atoms with Gasteiger partial charge >= 0.3 is 6.18 Å². The molecule has 0 aliphatic carbocycles. The molecule has 0 fully saturated rings. The summed E-state index contributed by atoms with van der Waals surface area (Å²) in [6, 6.07) is 14.4. The van der Waals surface area contributed by atoms with Gasteiger partial charge in [-0.2, -0.15) is 28.7 Å². The van der Waals surface area contributed by atoms with Gasteiger partial charge in [0.05, 0.1) is 5.56 Å². The number of aromatic amines is 1. The number of ether oxygens (including phenoxy) is 1. The molecule has 4 rings (SSSR count). The van der Waals surface area contributed by atoms with Crippen molar-refractivity contribution in [3.05, 3.63) is 64.7 Å². The second-order valence-electron chi connectivity index (χ2n) is 5.91. The Morgan fingerprint density at radius 2 is 1.96 bits per heavy atom. The predicted octanol–water partition coefficient (Wildman–Crippen LogP) is 5.16. The third-order valence-electron chi connectivity index (χ3n) is 4.04. The molecule has 0 amide bonds. The second-order valence-corrected chi connectivity index (χ2v) is 7.08. The van der Waals surface area contributed by atoms with Gasteiger partial charge in [0.1, 0.15) is 24.1 Å². The van der Waals surface area contributed by atoms with Crippen molar-refractivity contribution in [1.29, 1.82) is 5.26 Å². The van der Waals surface area contributed by atoms with E-state index in [1.165, 1.54) is 17.4 Å². The minimum absolute atomic E-state index is 0.183. The zero-order valence-electron chi connectivity index (χ0n) is 14.1. The molecule has 0 atom stereocenters. The SMILES string of the molecule is N#Cc1n[nH]nc1-c1cccc(OCc2cc3cc(C(F)(F)F)ccc3s2)c1. The summed E-state index contributed by atoms with van der Waals surface area (Å²) in [5, 5.41) is 19.7. The van der Waals surface area contributed by atoms with Crippen LogP contribution >= 0.6 is 11.3 Å². The first-order chi connectivity index (χ1) is 13.4. The number of nitriles is 1. The molecule has 0 bridgehead atoms. The Labute approximate surface area is 161 Å². The van der Waals surface area contributed by atoms with Crippen LogP contribution in [0.4, 0.5) is 13.2 Å². The third-order valence-corrected chi connectivity index (χ3v) is 5.13. The molecule has 0 aliphatic rings. The van der Waals surface area contributed by atoms with Crippen LogP contribution in [0.5, 0.6) is 5.75 Å². The van der Waals surface area contributed by atoms with Crippen molar-refractivity contribution in [1.82, 2.24) is 15.4 Å². The zero-order valence-corrected chi connectivity index (χ0v) is 14.9. The van der Waals surface area contributed by atoms with E-state index in [1.54, 1.807) is 30.3 Å². The van der Waals surface area contributed by atoms with Gasteiger partial charge in [-0.1, -0.05) is 12.1 Å². The van der Waals surface area contributed by atoms with E-state index >= 15 is 0 Å². The summed E-state index contributed by atoms with van der Waals surface area (Å²) < 4.78 is 45.1. The van der Waals surface area contributed by atoms with Crippen LogP contribution in [-0.4, -0.2) is 15.4 Å². The first-order valence-corrected chi connectivity index (χ1v) is 8.89. The molecule has 4 aromatic rings. The van der Waals surface area contributed by atoms with Gasteiger partial charge in [0, 0.05) is 15.1 Å². The summed E-state index contributed by atoms with van der Waals surface area (Å²) in [6.07, 6.45) is -4.36. The van der Waals surface area contributed by atoms with Crippen LogP contribution in [0.1, 0.15) is 16.1 Å². The maximum atomic E-state index is 12.8. The first kappa shape index (κ1) is 18.0. The number of rotatable bonds is 4. The highest BCUT2D eigenvalue weighted by molar-refractivity contribution is 7.19. The quantitative estimate of drug-likeness (QED) is 0.514. The molecule has 0 radical (unpaired) electrons. The lowest BCUT2D eigenvalue weighted by molar-refractivity contribution is -0.137. The number of hydrogen-bond acceptors (Lipinski definition) is 5. The number of benzene rings is 2. The van der Waals surface area contributed by atoms with Crippen molar-refractivity contribution in [3.8, 4) is 23.1 Å². The van der Waals surface area contributed by atoms with Crippen LogP contribution < -0.4 is 4.74 Å². The third kappa shape index (κ3) is 3.54. The van der Waals surface area contributed by atoms with Gasteiger partial charge in [-0.25, -0.2) is 0 Å². The molecule has 0 spiro atoms. The monoisotopic (exact) mass is 400 g/mol. The Kier molecular flexibility index (Phi) is 4.49. The summed E-state index contributed by atoms with van der Waals surface area (Å²) in [5.74, 6) is 0.554. The van der Waals surface area contributed by atoms with Gasteiger partial charge in [-0.3, -0.25) is 0 Å². The molecule has 5 nitrogen and oxygen atoms in total. The molecule has 0 saturated carbocycles. The number of H-pyrrole nitrogens is 1. The molecule has 2 aromatic carbocycles. The molecular weight excluding hydrogens is 389 g/mol. The number of alkyl halides is 3. The minimum atomic E-state index is -4.36. The fourth-order valence-electron chi connectivity index (χ4n) is 2.74. The highest BCUT2D eigenvalue weighted by Crippen LogP contribution is 2.34. The molecule has 140 valence electrons. The number of hydrogen-bond donors (Lipinski definition) is 1. The summed E-state index contributed by atoms with van der Waals surface area (Å²) in [4.78, 5) is 0.805. The summed E-state index contributed by atoms with van der Waals surface area (Å²) in [6.45, 7) is 0.216. The number of fused-ring (bicyclic) bond motifs is 1. The van der Waals surface area contributed by atoms with Gasteiger partial charge in [0.15, 0.2) is 5.69 Å². The number of halogens is 3. The number of nitrogens with zero attached hydrogens (tertiary/aromatic N) is 3. The standard InChI is InChI=1S/C19H11F3N4OS/c20-19(21,22)13-4-5-17-12(6-13)8-15(28-17)10-27-14-3-1-2-11(7-14)18-16(9-23)24-26-25-18/h1-8H,10H2,(H,24,25,26). The number of thiophene rings is 1. The van der Waals surface area contributed by atoms with E-state index in [4.69, 9.17) is 10.00 Å². The fraction of sp³-hybridized carbons (Fsp3) is 0.105. The van der Waals surface area contributed by atoms with Crippen molar-refractivity contribution >= 4 is 21.4 Å². The van der Waals surface area contributed by atoms with Crippen LogP contribution in [0.15, 0.2) is 48.5 Å². The van der Waals surface area contributed by atoms with Crippen molar-refractivity contribution in [2.45, 2.75) is 12.8 Å². The highest BCUT2D eigenvalue weighted by atomic mass is 32.1. The number of aromatic nitrogens is 3. The summed E-state index contributed by atoms with van der Waals surface area (Å²) in [5.41, 5.74) is 0.615. The molecule has 0 unspecified atom stereocenters. The van der Waals surface area contributed by atoms with Crippen LogP contribution in [-0.2, 0) is 12.8 Å². The first-order valence-electron chi connectivity index (χ1n) is 8.08. The minimum Gasteiger partial charge on any atom is -0.488 e. The van der Waals surface area contributed by atoms with Crippen LogP contribution in [0.3, 0.4) is 0 Å². The van der Waals surface area contributed by atoms with E-state index in [0.29, 0.717) is 22.4 Å². The van der Waals surface area contributed by atoms with Crippen molar-refractivity contribution in [2.24, 2.45) is 0 Å². The normalized spacial score (nSPS) is 11.5. The van der Waals surface area contributed by atoms with Crippen LogP contribution in [0, 0.1) is 11.3 Å². The van der Waals surface area contributed by atoms with Gasteiger partial charge < -0.3 is 4.74 Å². The highest BCUT2D eigenvalue weighted by Gasteiger charge is 2.30. The van der Waals surface area contributed by atoms with Crippen LogP contribution in [0.2, 0.25) is 0 Å². The Morgan fingerprint density at radius 3 is 2.75 bits per heavy atom. The van der Waals surface area contributed by atoms with Gasteiger partial charge in [-0.05, 0) is 41.8 Å². The van der Waals surface area contributed by atoms with Crippen molar-refractivity contribution < 1.29 is 17.9 Å². The molecule has 28 heavy (non-hydrogen) atoms. The van der Waals surface area contributed by atoms with Crippen LogP contribution in [0.25, 0.3) is 21.3 Å². The Hall–Kier alpha value is -3.38. The molecular formula is C19H11F3N4OS. The van der Waals surface area contributed by atoms with E-state index in [-0.39, 0.29) is 12.3 Å². The summed E-state index contributed by atoms with van der Waals surface area (Å²) >= 11 is 1.38. The average molecular weight is 400 g/mol. The Bertz CT molecular complexity index is 1190. The molecule has 1 N–H and O–H groups in total. The predicted molar refractivity (Wildman–Crippen MR) is 97.7 cm³/mol. The molecule has 2 aromatic heterocycles. The lowest BCUT2D eigenvalue weighted by atomic mass is 10.1. The lowest BCUT2D eigenvalue weighted by Crippen LogP contribution is -2.03. The van der Waals surface area contributed by atoms with Gasteiger partial charge in [-0.15, -0.1) is 16.4 Å². The van der Waals surface area contributed by atoms with Crippen molar-refractivity contribution in [2.75, 3.05) is 0 Å². The second kappa shape index (κ2) is 6.98. The topological polar surface area (TPSA) is 74.6 Å². The Balaban J connectivity index is 1.53. The zero-order chi connectivity index (χ0) is 19.7. The average Bonchev–Trinajstić information content (AvgIpc) is 3.31. The summed E-state index contributed by atoms with van der Waals surface area (Å²) in [7, 11) is 0. The lowest BCUT2D eigenvalue weighted by Gasteiger charge is -2.06. The van der Waals surface area contributed by atoms with Gasteiger partial charge in [0.25, 0.3) is 0 Å². The van der Waals surface area contributed by atoms with E-state index in [1.807, 2.05) is 6.07 Å². The maximum absolute atomic E-state index is 12.8. The molecule has 0 saturated heterocycles. The smallest absolute Gasteiger partial charge is 0.416 e. The largest absolute Gasteiger partial charge is 0.488 e. The van der Waals surface area contributed by atoms with E-state index in [9.17, 15) is 13.2 Å². The maximum Gasteiger partial charge on any atom is 0.416 e. The fourth-order valence-corrected chi connectivity index (χ4v) is 3.70.